The molecule has 4 nitrogen and oxygen atoms in total. The summed E-state index contributed by atoms with van der Waals surface area (Å²) in [5, 5.41) is 6.10. The third-order valence-corrected chi connectivity index (χ3v) is 4.79. The zero-order valence-corrected chi connectivity index (χ0v) is 11.1. The number of fused-ring (bicyclic) bond motifs is 1. The Morgan fingerprint density at radius 1 is 1.47 bits per heavy atom. The summed E-state index contributed by atoms with van der Waals surface area (Å²) in [5.74, 6) is -2.38. The van der Waals surface area contributed by atoms with Gasteiger partial charge in [-0.1, -0.05) is 6.92 Å². The molecule has 1 aliphatic carbocycles. The van der Waals surface area contributed by atoms with Crippen molar-refractivity contribution in [2.75, 3.05) is 32.8 Å². The summed E-state index contributed by atoms with van der Waals surface area (Å²) in [4.78, 5) is 12.4. The molecule has 0 aromatic carbocycles. The average molecular weight is 274 g/mol. The van der Waals surface area contributed by atoms with Crippen molar-refractivity contribution in [3.63, 3.8) is 0 Å². The molecule has 3 aliphatic rings. The highest BCUT2D eigenvalue weighted by Gasteiger charge is 2.56. The Morgan fingerprint density at radius 3 is 2.89 bits per heavy atom. The average Bonchev–Trinajstić information content (AvgIpc) is 2.82. The number of hydrogen-bond donors (Lipinski definition) is 2. The zero-order chi connectivity index (χ0) is 13.7. The van der Waals surface area contributed by atoms with Crippen molar-refractivity contribution in [1.29, 1.82) is 0 Å². The lowest BCUT2D eigenvalue weighted by molar-refractivity contribution is -0.156. The quantitative estimate of drug-likeness (QED) is 0.799. The first-order chi connectivity index (χ1) is 8.85. The van der Waals surface area contributed by atoms with E-state index in [9.17, 15) is 13.6 Å². The molecule has 108 valence electrons. The Hall–Kier alpha value is -0.750. The Kier molecular flexibility index (Phi) is 2.87. The minimum absolute atomic E-state index is 0.0450. The second kappa shape index (κ2) is 4.12. The molecule has 0 aromatic heterocycles. The van der Waals surface area contributed by atoms with Gasteiger partial charge < -0.3 is 15.4 Å². The molecule has 19 heavy (non-hydrogen) atoms. The van der Waals surface area contributed by atoms with E-state index in [0.717, 1.165) is 6.54 Å². The maximum Gasteiger partial charge on any atom is 0.249 e. The highest BCUT2D eigenvalue weighted by molar-refractivity contribution is 5.84. The van der Waals surface area contributed by atoms with E-state index in [1.807, 2.05) is 0 Å². The van der Waals surface area contributed by atoms with Gasteiger partial charge in [-0.05, 0) is 5.41 Å². The van der Waals surface area contributed by atoms with Crippen LogP contribution in [0.3, 0.4) is 0 Å². The SMILES string of the molecule is CC1(CNC(=O)[C@]23CNC[C@H]2COC3)CC(F)(F)C1. The molecule has 0 spiro atoms. The lowest BCUT2D eigenvalue weighted by atomic mass is 9.67. The van der Waals surface area contributed by atoms with Gasteiger partial charge >= 0.3 is 0 Å². The van der Waals surface area contributed by atoms with Crippen molar-refractivity contribution in [1.82, 2.24) is 10.6 Å². The van der Waals surface area contributed by atoms with Crippen LogP contribution in [0.5, 0.6) is 0 Å². The molecular formula is C13H20F2N2O2. The summed E-state index contributed by atoms with van der Waals surface area (Å²) in [6, 6.07) is 0. The third kappa shape index (κ3) is 2.14. The van der Waals surface area contributed by atoms with Gasteiger partial charge in [0.15, 0.2) is 0 Å². The van der Waals surface area contributed by atoms with Gasteiger partial charge in [-0.2, -0.15) is 0 Å². The number of carbonyl (C=O) groups is 1. The Morgan fingerprint density at radius 2 is 2.21 bits per heavy atom. The van der Waals surface area contributed by atoms with Crippen molar-refractivity contribution >= 4 is 5.91 Å². The number of alkyl halides is 2. The molecule has 2 N–H and O–H groups in total. The number of ether oxygens (including phenoxy) is 1. The largest absolute Gasteiger partial charge is 0.380 e. The highest BCUT2D eigenvalue weighted by Crippen LogP contribution is 2.51. The lowest BCUT2D eigenvalue weighted by Crippen LogP contribution is -2.54. The van der Waals surface area contributed by atoms with Gasteiger partial charge in [0, 0.05) is 38.4 Å². The fraction of sp³-hybridized carbons (Fsp3) is 0.923. The van der Waals surface area contributed by atoms with Crippen LogP contribution in [0.25, 0.3) is 0 Å². The van der Waals surface area contributed by atoms with Crippen LogP contribution in [0.4, 0.5) is 8.78 Å². The molecule has 2 heterocycles. The predicted molar refractivity (Wildman–Crippen MR) is 64.9 cm³/mol. The van der Waals surface area contributed by atoms with Crippen LogP contribution in [-0.2, 0) is 9.53 Å². The van der Waals surface area contributed by atoms with Gasteiger partial charge in [-0.25, -0.2) is 8.78 Å². The number of halogens is 2. The molecule has 3 rings (SSSR count). The summed E-state index contributed by atoms with van der Waals surface area (Å²) in [6.45, 7) is 4.59. The molecule has 1 amide bonds. The van der Waals surface area contributed by atoms with Crippen molar-refractivity contribution < 1.29 is 18.3 Å². The van der Waals surface area contributed by atoms with Crippen LogP contribution >= 0.6 is 0 Å². The summed E-state index contributed by atoms with van der Waals surface area (Å²) < 4.78 is 31.3. The van der Waals surface area contributed by atoms with E-state index >= 15 is 0 Å². The Labute approximate surface area is 111 Å². The first-order valence-electron chi connectivity index (χ1n) is 6.80. The molecule has 6 heteroatoms. The van der Waals surface area contributed by atoms with Crippen molar-refractivity contribution in [2.24, 2.45) is 16.7 Å². The number of carbonyl (C=O) groups excluding carboxylic acids is 1. The van der Waals surface area contributed by atoms with Gasteiger partial charge in [0.2, 0.25) is 11.8 Å². The van der Waals surface area contributed by atoms with Crippen LogP contribution in [-0.4, -0.2) is 44.7 Å². The standard InChI is InChI=1S/C13H20F2N2O2/c1-11(4-13(14,15)5-11)6-17-10(18)12-7-16-2-9(12)3-19-8-12/h9,16H,2-8H2,1H3,(H,17,18)/t9-,12-/m0/s1. The topological polar surface area (TPSA) is 50.4 Å². The number of rotatable bonds is 3. The Bertz CT molecular complexity index is 382. The molecule has 0 radical (unpaired) electrons. The van der Waals surface area contributed by atoms with Gasteiger partial charge in [-0.3, -0.25) is 4.79 Å². The van der Waals surface area contributed by atoms with E-state index in [4.69, 9.17) is 4.74 Å². The first kappa shape index (κ1) is 13.2. The van der Waals surface area contributed by atoms with Crippen molar-refractivity contribution in [3.05, 3.63) is 0 Å². The van der Waals surface area contributed by atoms with Crippen LogP contribution in [0.1, 0.15) is 19.8 Å². The summed E-state index contributed by atoms with van der Waals surface area (Å²) >= 11 is 0. The molecular weight excluding hydrogens is 254 g/mol. The van der Waals surface area contributed by atoms with E-state index in [1.165, 1.54) is 0 Å². The Balaban J connectivity index is 1.57. The number of amides is 1. The minimum atomic E-state index is -2.55. The molecule has 2 saturated heterocycles. The maximum atomic E-state index is 12.9. The maximum absolute atomic E-state index is 12.9. The normalized spacial score (nSPS) is 38.6. The fourth-order valence-electron chi connectivity index (χ4n) is 3.70. The van der Waals surface area contributed by atoms with Gasteiger partial charge in [-0.15, -0.1) is 0 Å². The van der Waals surface area contributed by atoms with E-state index in [2.05, 4.69) is 10.6 Å². The van der Waals surface area contributed by atoms with Gasteiger partial charge in [0.25, 0.3) is 0 Å². The summed E-state index contributed by atoms with van der Waals surface area (Å²) in [5.41, 5.74) is -0.945. The van der Waals surface area contributed by atoms with Gasteiger partial charge in [0.1, 0.15) is 0 Å². The summed E-state index contributed by atoms with van der Waals surface area (Å²) in [7, 11) is 0. The van der Waals surface area contributed by atoms with Crippen LogP contribution in [0.2, 0.25) is 0 Å². The van der Waals surface area contributed by atoms with E-state index in [0.29, 0.717) is 26.3 Å². The zero-order valence-electron chi connectivity index (χ0n) is 11.1. The van der Waals surface area contributed by atoms with E-state index in [1.54, 1.807) is 6.92 Å². The molecule has 0 bridgehead atoms. The third-order valence-electron chi connectivity index (χ3n) is 4.79. The summed E-state index contributed by atoms with van der Waals surface area (Å²) in [6.07, 6.45) is -0.267. The van der Waals surface area contributed by atoms with E-state index < -0.39 is 16.8 Å². The molecule has 3 fully saturated rings. The molecule has 0 aromatic rings. The monoisotopic (exact) mass is 274 g/mol. The van der Waals surface area contributed by atoms with E-state index in [-0.39, 0.29) is 24.7 Å². The molecule has 2 atom stereocenters. The van der Waals surface area contributed by atoms with Crippen LogP contribution in [0.15, 0.2) is 0 Å². The first-order valence-corrected chi connectivity index (χ1v) is 6.80. The molecule has 2 aliphatic heterocycles. The van der Waals surface area contributed by atoms with Crippen molar-refractivity contribution in [2.45, 2.75) is 25.7 Å². The predicted octanol–water partition coefficient (Wildman–Crippen LogP) is 0.774. The van der Waals surface area contributed by atoms with Crippen molar-refractivity contribution in [3.8, 4) is 0 Å². The smallest absolute Gasteiger partial charge is 0.249 e. The minimum Gasteiger partial charge on any atom is -0.380 e. The highest BCUT2D eigenvalue weighted by atomic mass is 19.3. The number of nitrogens with one attached hydrogen (secondary N) is 2. The molecule has 0 unspecified atom stereocenters. The molecule has 1 saturated carbocycles. The second-order valence-corrected chi connectivity index (χ2v) is 6.70. The van der Waals surface area contributed by atoms with Crippen LogP contribution in [0, 0.1) is 16.7 Å². The lowest BCUT2D eigenvalue weighted by Gasteiger charge is -2.45. The number of hydrogen-bond acceptors (Lipinski definition) is 3. The van der Waals surface area contributed by atoms with Crippen LogP contribution < -0.4 is 10.6 Å². The van der Waals surface area contributed by atoms with Gasteiger partial charge in [0.05, 0.1) is 18.6 Å². The fourth-order valence-corrected chi connectivity index (χ4v) is 3.70. The second-order valence-electron chi connectivity index (χ2n) is 6.70.